The molecule has 0 radical (unpaired) electrons. The minimum atomic E-state index is -1.65. The molecule has 5 heteroatoms. The third-order valence-electron chi connectivity index (χ3n) is 4.17. The predicted octanol–water partition coefficient (Wildman–Crippen LogP) is 1.99. The first-order valence-electron chi connectivity index (χ1n) is 7.62. The minimum absolute atomic E-state index is 0.0304. The van der Waals surface area contributed by atoms with Gasteiger partial charge in [0.2, 0.25) is 0 Å². The molecule has 0 bridgehead atoms. The van der Waals surface area contributed by atoms with Crippen LogP contribution in [0.4, 0.5) is 5.69 Å². The number of hydrogen-bond acceptors (Lipinski definition) is 4. The summed E-state index contributed by atoms with van der Waals surface area (Å²) in [5, 5.41) is 20.1. The molecule has 0 unspecified atom stereocenters. The zero-order chi connectivity index (χ0) is 17.0. The van der Waals surface area contributed by atoms with Gasteiger partial charge in [0.05, 0.1) is 12.8 Å². The number of rotatable bonds is 7. The van der Waals surface area contributed by atoms with Crippen LogP contribution in [0.25, 0.3) is 0 Å². The van der Waals surface area contributed by atoms with Crippen molar-refractivity contribution in [2.75, 3.05) is 25.2 Å². The van der Waals surface area contributed by atoms with Gasteiger partial charge < -0.3 is 19.8 Å². The Labute approximate surface area is 136 Å². The second kappa shape index (κ2) is 6.98. The average molecular weight is 317 g/mol. The van der Waals surface area contributed by atoms with E-state index in [1.54, 1.807) is 50.5 Å². The number of benzene rings is 1. The van der Waals surface area contributed by atoms with Crippen molar-refractivity contribution in [1.29, 1.82) is 0 Å². The molecule has 0 spiro atoms. The van der Waals surface area contributed by atoms with Crippen LogP contribution in [0, 0.1) is 5.92 Å². The number of ether oxygens (including phenoxy) is 1. The summed E-state index contributed by atoms with van der Waals surface area (Å²) in [6.45, 7) is 5.82. The molecule has 124 valence electrons. The first-order valence-corrected chi connectivity index (χ1v) is 7.62. The molecule has 1 aromatic rings. The molecule has 1 aliphatic rings. The fourth-order valence-electron chi connectivity index (χ4n) is 2.88. The Morgan fingerprint density at radius 2 is 2.22 bits per heavy atom. The van der Waals surface area contributed by atoms with Gasteiger partial charge in [-0.25, -0.2) is 0 Å². The Balaban J connectivity index is 2.51. The van der Waals surface area contributed by atoms with Gasteiger partial charge in [0.15, 0.2) is 5.60 Å². The van der Waals surface area contributed by atoms with Crippen LogP contribution in [0.2, 0.25) is 0 Å². The summed E-state index contributed by atoms with van der Waals surface area (Å²) in [7, 11) is 1.55. The lowest BCUT2D eigenvalue weighted by molar-refractivity contribution is -0.139. The largest absolute Gasteiger partial charge is 0.497 e. The monoisotopic (exact) mass is 317 g/mol. The Hall–Kier alpha value is -2.11. The van der Waals surface area contributed by atoms with Crippen LogP contribution in [-0.2, 0) is 10.4 Å². The number of methoxy groups -OCH3 is 1. The predicted molar refractivity (Wildman–Crippen MR) is 89.4 cm³/mol. The Morgan fingerprint density at radius 3 is 2.83 bits per heavy atom. The molecule has 23 heavy (non-hydrogen) atoms. The molecule has 0 saturated carbocycles. The summed E-state index contributed by atoms with van der Waals surface area (Å²) in [6.07, 6.45) is 5.64. The normalized spacial score (nSPS) is 21.6. The number of carbonyl (C=O) groups is 1. The van der Waals surface area contributed by atoms with E-state index in [1.807, 2.05) is 0 Å². The highest BCUT2D eigenvalue weighted by atomic mass is 16.5. The highest BCUT2D eigenvalue weighted by Crippen LogP contribution is 2.46. The first-order chi connectivity index (χ1) is 11.0. The van der Waals surface area contributed by atoms with Crippen molar-refractivity contribution in [3.63, 3.8) is 0 Å². The van der Waals surface area contributed by atoms with Gasteiger partial charge in [-0.1, -0.05) is 25.2 Å². The van der Waals surface area contributed by atoms with Crippen LogP contribution in [0.5, 0.6) is 5.75 Å². The molecule has 1 amide bonds. The van der Waals surface area contributed by atoms with Crippen molar-refractivity contribution in [3.05, 3.63) is 48.6 Å². The van der Waals surface area contributed by atoms with E-state index in [-0.39, 0.29) is 12.5 Å². The third kappa shape index (κ3) is 2.90. The summed E-state index contributed by atoms with van der Waals surface area (Å²) in [5.74, 6) is -0.231. The molecule has 2 atom stereocenters. The van der Waals surface area contributed by atoms with E-state index in [2.05, 4.69) is 6.58 Å². The van der Waals surface area contributed by atoms with E-state index in [9.17, 15) is 9.90 Å². The van der Waals surface area contributed by atoms with Crippen molar-refractivity contribution >= 4 is 11.6 Å². The fraction of sp³-hybridized carbons (Fsp3) is 0.389. The van der Waals surface area contributed by atoms with Crippen LogP contribution >= 0.6 is 0 Å². The van der Waals surface area contributed by atoms with Crippen molar-refractivity contribution in [1.82, 2.24) is 0 Å². The molecule has 0 saturated heterocycles. The third-order valence-corrected chi connectivity index (χ3v) is 4.17. The topological polar surface area (TPSA) is 70.0 Å². The molecule has 2 N–H and O–H groups in total. The van der Waals surface area contributed by atoms with Crippen LogP contribution < -0.4 is 9.64 Å². The summed E-state index contributed by atoms with van der Waals surface area (Å²) in [5.41, 5.74) is -0.454. The van der Waals surface area contributed by atoms with Gasteiger partial charge in [0.1, 0.15) is 5.75 Å². The van der Waals surface area contributed by atoms with Gasteiger partial charge in [0, 0.05) is 24.6 Å². The van der Waals surface area contributed by atoms with Crippen LogP contribution in [0.3, 0.4) is 0 Å². The lowest BCUT2D eigenvalue weighted by atomic mass is 9.83. The van der Waals surface area contributed by atoms with E-state index in [1.165, 1.54) is 4.90 Å². The molecule has 5 nitrogen and oxygen atoms in total. The summed E-state index contributed by atoms with van der Waals surface area (Å²) in [6, 6.07) is 5.24. The zero-order valence-corrected chi connectivity index (χ0v) is 13.5. The van der Waals surface area contributed by atoms with Crippen molar-refractivity contribution < 1.29 is 19.7 Å². The standard InChI is InChI=1S/C18H23NO4/c1-4-10-19-16-9-8-14(23-3)12-15(16)18(22,17(19)21)13(2)7-5-6-11-20/h4-5,7-9,12-13,20,22H,1,6,10-11H2,2-3H3/b7-5+/t13-,18+/m1/s1. The number of aliphatic hydroxyl groups is 2. The van der Waals surface area contributed by atoms with Crippen molar-refractivity contribution in [2.24, 2.45) is 5.92 Å². The number of carbonyl (C=O) groups excluding carboxylic acids is 1. The number of fused-ring (bicyclic) bond motifs is 1. The molecule has 0 fully saturated rings. The number of amides is 1. The maximum Gasteiger partial charge on any atom is 0.264 e. The van der Waals surface area contributed by atoms with E-state index in [0.717, 1.165) is 0 Å². The van der Waals surface area contributed by atoms with Crippen LogP contribution in [0.15, 0.2) is 43.0 Å². The highest BCUT2D eigenvalue weighted by Gasteiger charge is 2.52. The van der Waals surface area contributed by atoms with E-state index in [0.29, 0.717) is 30.0 Å². The molecule has 1 aromatic carbocycles. The number of hydrogen-bond donors (Lipinski definition) is 2. The molecule has 0 aromatic heterocycles. The average Bonchev–Trinajstić information content (AvgIpc) is 2.78. The van der Waals surface area contributed by atoms with Crippen molar-refractivity contribution in [2.45, 2.75) is 18.9 Å². The maximum atomic E-state index is 12.9. The number of aliphatic hydroxyl groups excluding tert-OH is 1. The lowest BCUT2D eigenvalue weighted by Gasteiger charge is -2.27. The second-order valence-corrected chi connectivity index (χ2v) is 5.58. The van der Waals surface area contributed by atoms with Crippen LogP contribution in [-0.4, -0.2) is 36.4 Å². The van der Waals surface area contributed by atoms with Gasteiger partial charge >= 0.3 is 0 Å². The molecular weight excluding hydrogens is 294 g/mol. The SMILES string of the molecule is C=CCN1C(=O)[C@](O)([C@H](C)/C=C/CCO)c2cc(OC)ccc21. The number of nitrogens with zero attached hydrogens (tertiary/aromatic N) is 1. The van der Waals surface area contributed by atoms with Gasteiger partial charge in [-0.15, -0.1) is 6.58 Å². The Morgan fingerprint density at radius 1 is 1.48 bits per heavy atom. The van der Waals surface area contributed by atoms with E-state index in [4.69, 9.17) is 9.84 Å². The molecule has 2 rings (SSSR count). The minimum Gasteiger partial charge on any atom is -0.497 e. The molecule has 1 heterocycles. The molecule has 1 aliphatic heterocycles. The first kappa shape index (κ1) is 17.2. The lowest BCUT2D eigenvalue weighted by Crippen LogP contribution is -2.44. The van der Waals surface area contributed by atoms with Gasteiger partial charge in [-0.3, -0.25) is 4.79 Å². The highest BCUT2D eigenvalue weighted by molar-refractivity contribution is 6.07. The smallest absolute Gasteiger partial charge is 0.264 e. The number of anilines is 1. The van der Waals surface area contributed by atoms with Crippen molar-refractivity contribution in [3.8, 4) is 5.75 Å². The molecule has 0 aliphatic carbocycles. The summed E-state index contributed by atoms with van der Waals surface area (Å²) in [4.78, 5) is 14.4. The second-order valence-electron chi connectivity index (χ2n) is 5.58. The quantitative estimate of drug-likeness (QED) is 0.755. The Kier molecular flexibility index (Phi) is 5.23. The zero-order valence-electron chi connectivity index (χ0n) is 13.5. The van der Waals surface area contributed by atoms with Gasteiger partial charge in [0.25, 0.3) is 5.91 Å². The van der Waals surface area contributed by atoms with Gasteiger partial charge in [-0.05, 0) is 24.6 Å². The maximum absolute atomic E-state index is 12.9. The van der Waals surface area contributed by atoms with E-state index < -0.39 is 11.5 Å². The fourth-order valence-corrected chi connectivity index (χ4v) is 2.88. The summed E-state index contributed by atoms with van der Waals surface area (Å²) >= 11 is 0. The Bertz CT molecular complexity index is 625. The summed E-state index contributed by atoms with van der Waals surface area (Å²) < 4.78 is 5.23. The molecular formula is C18H23NO4. The van der Waals surface area contributed by atoms with Gasteiger partial charge in [-0.2, -0.15) is 0 Å². The van der Waals surface area contributed by atoms with Crippen LogP contribution in [0.1, 0.15) is 18.9 Å². The van der Waals surface area contributed by atoms with E-state index >= 15 is 0 Å².